The van der Waals surface area contributed by atoms with Crippen molar-refractivity contribution < 1.29 is 28.9 Å². The monoisotopic (exact) mass is 365 g/mol. The highest BCUT2D eigenvalue weighted by Crippen LogP contribution is 2.23. The third-order valence-electron chi connectivity index (χ3n) is 3.87. The SMILES string of the molecule is CC(C)(C)OC(=O)NC[C@@H]1CC[C@H](OCc2ccccc2)[C@@H](C(=O)O)O1. The van der Waals surface area contributed by atoms with Crippen LogP contribution in [0.2, 0.25) is 0 Å². The van der Waals surface area contributed by atoms with E-state index in [-0.39, 0.29) is 12.6 Å². The zero-order valence-electron chi connectivity index (χ0n) is 15.4. The van der Waals surface area contributed by atoms with Crippen molar-refractivity contribution in [3.8, 4) is 0 Å². The Balaban J connectivity index is 1.83. The number of carboxylic acid groups (broad SMARTS) is 1. The molecule has 0 bridgehead atoms. The maximum atomic E-state index is 11.7. The van der Waals surface area contributed by atoms with E-state index in [2.05, 4.69) is 5.32 Å². The van der Waals surface area contributed by atoms with E-state index in [1.54, 1.807) is 20.8 Å². The summed E-state index contributed by atoms with van der Waals surface area (Å²) in [7, 11) is 0. The lowest BCUT2D eigenvalue weighted by molar-refractivity contribution is -0.181. The van der Waals surface area contributed by atoms with Gasteiger partial charge in [-0.3, -0.25) is 0 Å². The van der Waals surface area contributed by atoms with Crippen LogP contribution in [-0.4, -0.2) is 47.6 Å². The Kier molecular flexibility index (Phi) is 6.99. The van der Waals surface area contributed by atoms with Gasteiger partial charge in [0.25, 0.3) is 0 Å². The largest absolute Gasteiger partial charge is 0.479 e. The highest BCUT2D eigenvalue weighted by Gasteiger charge is 2.37. The van der Waals surface area contributed by atoms with Crippen LogP contribution in [0, 0.1) is 0 Å². The van der Waals surface area contributed by atoms with Crippen LogP contribution in [0.4, 0.5) is 4.79 Å². The number of hydrogen-bond donors (Lipinski definition) is 2. The summed E-state index contributed by atoms with van der Waals surface area (Å²) in [5.41, 5.74) is 0.391. The molecule has 1 heterocycles. The highest BCUT2D eigenvalue weighted by atomic mass is 16.6. The van der Waals surface area contributed by atoms with Gasteiger partial charge in [0.15, 0.2) is 6.10 Å². The number of carboxylic acids is 1. The Bertz CT molecular complexity index is 598. The standard InChI is InChI=1S/C19H27NO6/c1-19(2,3)26-18(23)20-11-14-9-10-15(16(25-14)17(21)22)24-12-13-7-5-4-6-8-13/h4-8,14-16H,9-12H2,1-3H3,(H,20,23)(H,21,22)/t14-,15-,16-/m0/s1. The van der Waals surface area contributed by atoms with Crippen LogP contribution in [0.1, 0.15) is 39.2 Å². The molecule has 7 heteroatoms. The van der Waals surface area contributed by atoms with Gasteiger partial charge in [-0.25, -0.2) is 9.59 Å². The Hall–Kier alpha value is -2.12. The van der Waals surface area contributed by atoms with Crippen molar-refractivity contribution in [3.05, 3.63) is 35.9 Å². The molecular formula is C19H27NO6. The van der Waals surface area contributed by atoms with Gasteiger partial charge in [0.2, 0.25) is 0 Å². The van der Waals surface area contributed by atoms with E-state index in [4.69, 9.17) is 14.2 Å². The molecule has 1 amide bonds. The number of hydrogen-bond acceptors (Lipinski definition) is 5. The van der Waals surface area contributed by atoms with Gasteiger partial charge in [-0.15, -0.1) is 0 Å². The number of aliphatic carboxylic acids is 1. The number of benzene rings is 1. The lowest BCUT2D eigenvalue weighted by atomic mass is 10.0. The summed E-state index contributed by atoms with van der Waals surface area (Å²) in [6, 6.07) is 9.57. The Morgan fingerprint density at radius 3 is 2.54 bits per heavy atom. The van der Waals surface area contributed by atoms with Gasteiger partial charge < -0.3 is 24.6 Å². The van der Waals surface area contributed by atoms with Gasteiger partial charge in [0.05, 0.1) is 18.8 Å². The highest BCUT2D eigenvalue weighted by molar-refractivity contribution is 5.73. The fourth-order valence-corrected chi connectivity index (χ4v) is 2.69. The molecule has 0 aliphatic carbocycles. The minimum absolute atomic E-state index is 0.199. The van der Waals surface area contributed by atoms with Crippen molar-refractivity contribution >= 4 is 12.1 Å². The molecule has 1 saturated heterocycles. The second kappa shape index (κ2) is 9.00. The Morgan fingerprint density at radius 2 is 1.92 bits per heavy atom. The first-order chi connectivity index (χ1) is 12.2. The lowest BCUT2D eigenvalue weighted by Crippen LogP contribution is -2.48. The average molecular weight is 365 g/mol. The topological polar surface area (TPSA) is 94.1 Å². The third-order valence-corrected chi connectivity index (χ3v) is 3.87. The molecule has 7 nitrogen and oxygen atoms in total. The minimum Gasteiger partial charge on any atom is -0.479 e. The first kappa shape index (κ1) is 20.2. The van der Waals surface area contributed by atoms with E-state index < -0.39 is 29.9 Å². The second-order valence-corrected chi connectivity index (χ2v) is 7.31. The molecule has 26 heavy (non-hydrogen) atoms. The molecule has 1 aliphatic rings. The smallest absolute Gasteiger partial charge is 0.407 e. The van der Waals surface area contributed by atoms with Crippen LogP contribution in [0.25, 0.3) is 0 Å². The molecule has 2 rings (SSSR count). The quantitative estimate of drug-likeness (QED) is 0.805. The van der Waals surface area contributed by atoms with Crippen LogP contribution in [0.3, 0.4) is 0 Å². The average Bonchev–Trinajstić information content (AvgIpc) is 2.58. The molecule has 1 fully saturated rings. The van der Waals surface area contributed by atoms with E-state index in [0.717, 1.165) is 5.56 Å². The van der Waals surface area contributed by atoms with E-state index in [9.17, 15) is 14.7 Å². The van der Waals surface area contributed by atoms with E-state index in [0.29, 0.717) is 19.4 Å². The van der Waals surface area contributed by atoms with Crippen molar-refractivity contribution in [1.82, 2.24) is 5.32 Å². The van der Waals surface area contributed by atoms with Crippen LogP contribution in [-0.2, 0) is 25.6 Å². The Labute approximate surface area is 153 Å². The molecule has 0 radical (unpaired) electrons. The molecular weight excluding hydrogens is 338 g/mol. The number of nitrogens with one attached hydrogen (secondary N) is 1. The van der Waals surface area contributed by atoms with Crippen LogP contribution < -0.4 is 5.32 Å². The molecule has 144 valence electrons. The van der Waals surface area contributed by atoms with E-state index in [1.807, 2.05) is 30.3 Å². The summed E-state index contributed by atoms with van der Waals surface area (Å²) < 4.78 is 16.6. The summed E-state index contributed by atoms with van der Waals surface area (Å²) in [5.74, 6) is -1.06. The molecule has 2 N–H and O–H groups in total. The molecule has 1 aromatic carbocycles. The number of ether oxygens (including phenoxy) is 3. The zero-order chi connectivity index (χ0) is 19.2. The summed E-state index contributed by atoms with van der Waals surface area (Å²) >= 11 is 0. The predicted molar refractivity (Wildman–Crippen MR) is 94.8 cm³/mol. The molecule has 0 saturated carbocycles. The lowest BCUT2D eigenvalue weighted by Gasteiger charge is -2.34. The summed E-state index contributed by atoms with van der Waals surface area (Å²) in [4.78, 5) is 23.2. The predicted octanol–water partition coefficient (Wildman–Crippen LogP) is 2.73. The molecule has 0 aromatic heterocycles. The third kappa shape index (κ3) is 6.65. The normalized spacial score (nSPS) is 23.3. The molecule has 1 aliphatic heterocycles. The second-order valence-electron chi connectivity index (χ2n) is 7.31. The number of rotatable bonds is 6. The van der Waals surface area contributed by atoms with Gasteiger partial charge in [-0.1, -0.05) is 30.3 Å². The summed E-state index contributed by atoms with van der Waals surface area (Å²) in [5, 5.41) is 12.1. The first-order valence-corrected chi connectivity index (χ1v) is 8.75. The number of carbonyl (C=O) groups excluding carboxylic acids is 1. The van der Waals surface area contributed by atoms with E-state index in [1.165, 1.54) is 0 Å². The van der Waals surface area contributed by atoms with Gasteiger partial charge in [0, 0.05) is 6.54 Å². The van der Waals surface area contributed by atoms with Crippen LogP contribution >= 0.6 is 0 Å². The van der Waals surface area contributed by atoms with Crippen LogP contribution in [0.5, 0.6) is 0 Å². The molecule has 0 spiro atoms. The first-order valence-electron chi connectivity index (χ1n) is 8.75. The number of amides is 1. The van der Waals surface area contributed by atoms with Gasteiger partial charge >= 0.3 is 12.1 Å². The summed E-state index contributed by atoms with van der Waals surface area (Å²) in [6.45, 7) is 5.86. The molecule has 3 atom stereocenters. The van der Waals surface area contributed by atoms with Crippen molar-refractivity contribution in [1.29, 1.82) is 0 Å². The maximum Gasteiger partial charge on any atom is 0.407 e. The fraction of sp³-hybridized carbons (Fsp3) is 0.579. The minimum atomic E-state index is -1.06. The zero-order valence-corrected chi connectivity index (χ0v) is 15.4. The number of alkyl carbamates (subject to hydrolysis) is 1. The summed E-state index contributed by atoms with van der Waals surface area (Å²) in [6.07, 6.45) is -1.37. The van der Waals surface area contributed by atoms with Gasteiger partial charge in [0.1, 0.15) is 5.60 Å². The van der Waals surface area contributed by atoms with Crippen molar-refractivity contribution in [3.63, 3.8) is 0 Å². The van der Waals surface area contributed by atoms with Crippen molar-refractivity contribution in [2.45, 2.75) is 64.1 Å². The maximum absolute atomic E-state index is 11.7. The van der Waals surface area contributed by atoms with Crippen molar-refractivity contribution in [2.24, 2.45) is 0 Å². The van der Waals surface area contributed by atoms with Crippen LogP contribution in [0.15, 0.2) is 30.3 Å². The van der Waals surface area contributed by atoms with Crippen molar-refractivity contribution in [2.75, 3.05) is 6.54 Å². The molecule has 1 aromatic rings. The van der Waals surface area contributed by atoms with Gasteiger partial charge in [-0.2, -0.15) is 0 Å². The number of carbonyl (C=O) groups is 2. The van der Waals surface area contributed by atoms with Gasteiger partial charge in [-0.05, 0) is 39.2 Å². The van der Waals surface area contributed by atoms with E-state index >= 15 is 0 Å². The molecule has 0 unspecified atom stereocenters. The fourth-order valence-electron chi connectivity index (χ4n) is 2.69. The Morgan fingerprint density at radius 1 is 1.23 bits per heavy atom.